The van der Waals surface area contributed by atoms with E-state index in [2.05, 4.69) is 22.0 Å². The highest BCUT2D eigenvalue weighted by Gasteiger charge is 2.30. The molecule has 0 aromatic carbocycles. The molecule has 3 rings (SSSR count). The standard InChI is InChI=1S/C14H18N4O/c1-2-9-5-4-8-16-12(9)13-17-14(19-18-13)10-6-3-7-11(10)15/h4-5,8,10-11H,2-3,6-7,15H2,1H3. The topological polar surface area (TPSA) is 77.8 Å². The van der Waals surface area contributed by atoms with Crippen LogP contribution in [0.25, 0.3) is 11.5 Å². The predicted octanol–water partition coefficient (Wildman–Crippen LogP) is 2.29. The number of nitrogens with two attached hydrogens (primary N) is 1. The summed E-state index contributed by atoms with van der Waals surface area (Å²) in [5, 5.41) is 4.07. The third kappa shape index (κ3) is 2.26. The summed E-state index contributed by atoms with van der Waals surface area (Å²) in [4.78, 5) is 8.86. The molecule has 2 aromatic heterocycles. The molecule has 0 bridgehead atoms. The number of rotatable bonds is 3. The van der Waals surface area contributed by atoms with Gasteiger partial charge in [0.25, 0.3) is 0 Å². The maximum Gasteiger partial charge on any atom is 0.231 e. The fourth-order valence-electron chi connectivity index (χ4n) is 2.70. The Kier molecular flexibility index (Phi) is 3.29. The van der Waals surface area contributed by atoms with Gasteiger partial charge in [-0.2, -0.15) is 4.98 Å². The van der Waals surface area contributed by atoms with Crippen LogP contribution in [-0.2, 0) is 6.42 Å². The van der Waals surface area contributed by atoms with Crippen molar-refractivity contribution in [3.8, 4) is 11.5 Å². The predicted molar refractivity (Wildman–Crippen MR) is 71.5 cm³/mol. The summed E-state index contributed by atoms with van der Waals surface area (Å²) in [6.45, 7) is 2.09. The summed E-state index contributed by atoms with van der Waals surface area (Å²) >= 11 is 0. The normalized spacial score (nSPS) is 22.8. The van der Waals surface area contributed by atoms with E-state index in [0.29, 0.717) is 11.7 Å². The van der Waals surface area contributed by atoms with Gasteiger partial charge in [0.1, 0.15) is 5.69 Å². The molecule has 2 heterocycles. The Bertz CT molecular complexity index is 566. The Morgan fingerprint density at radius 3 is 3.05 bits per heavy atom. The third-order valence-electron chi connectivity index (χ3n) is 3.81. The highest BCUT2D eigenvalue weighted by molar-refractivity contribution is 5.53. The van der Waals surface area contributed by atoms with E-state index in [4.69, 9.17) is 10.3 Å². The lowest BCUT2D eigenvalue weighted by Gasteiger charge is -2.08. The van der Waals surface area contributed by atoms with Crippen LogP contribution < -0.4 is 5.73 Å². The molecule has 0 aliphatic heterocycles. The van der Waals surface area contributed by atoms with E-state index in [1.54, 1.807) is 6.20 Å². The van der Waals surface area contributed by atoms with E-state index in [1.165, 1.54) is 0 Å². The van der Waals surface area contributed by atoms with E-state index in [-0.39, 0.29) is 12.0 Å². The monoisotopic (exact) mass is 258 g/mol. The molecule has 19 heavy (non-hydrogen) atoms. The number of aryl methyl sites for hydroxylation is 1. The van der Waals surface area contributed by atoms with Crippen molar-refractivity contribution in [2.75, 3.05) is 0 Å². The van der Waals surface area contributed by atoms with Crippen LogP contribution in [0.4, 0.5) is 0 Å². The highest BCUT2D eigenvalue weighted by atomic mass is 16.5. The van der Waals surface area contributed by atoms with Gasteiger partial charge in [0, 0.05) is 12.2 Å². The SMILES string of the molecule is CCc1cccnc1-c1noc(C2CCCC2N)n1. The van der Waals surface area contributed by atoms with Crippen LogP contribution in [0.15, 0.2) is 22.9 Å². The second-order valence-corrected chi connectivity index (χ2v) is 5.02. The number of pyridine rings is 1. The summed E-state index contributed by atoms with van der Waals surface area (Å²) in [6.07, 6.45) is 5.85. The molecule has 1 saturated carbocycles. The molecule has 5 nitrogen and oxygen atoms in total. The van der Waals surface area contributed by atoms with Gasteiger partial charge in [-0.3, -0.25) is 4.98 Å². The zero-order valence-electron chi connectivity index (χ0n) is 11.0. The molecule has 0 radical (unpaired) electrons. The first-order valence-electron chi connectivity index (χ1n) is 6.83. The Balaban J connectivity index is 1.92. The summed E-state index contributed by atoms with van der Waals surface area (Å²) < 4.78 is 5.39. The summed E-state index contributed by atoms with van der Waals surface area (Å²) in [5.74, 6) is 1.44. The first-order chi connectivity index (χ1) is 9.29. The van der Waals surface area contributed by atoms with Crippen molar-refractivity contribution in [3.63, 3.8) is 0 Å². The molecule has 0 amide bonds. The summed E-state index contributed by atoms with van der Waals surface area (Å²) in [5.41, 5.74) is 8.01. The van der Waals surface area contributed by atoms with Crippen LogP contribution in [0.5, 0.6) is 0 Å². The largest absolute Gasteiger partial charge is 0.339 e. The van der Waals surface area contributed by atoms with Crippen LogP contribution in [0.2, 0.25) is 0 Å². The summed E-state index contributed by atoms with van der Waals surface area (Å²) in [6, 6.07) is 4.11. The van der Waals surface area contributed by atoms with Gasteiger partial charge in [0.2, 0.25) is 11.7 Å². The number of hydrogen-bond acceptors (Lipinski definition) is 5. The molecule has 1 aliphatic rings. The van der Waals surface area contributed by atoms with E-state index in [1.807, 2.05) is 12.1 Å². The molecular weight excluding hydrogens is 240 g/mol. The minimum atomic E-state index is 0.141. The van der Waals surface area contributed by atoms with Gasteiger partial charge >= 0.3 is 0 Å². The van der Waals surface area contributed by atoms with Crippen LogP contribution >= 0.6 is 0 Å². The first kappa shape index (κ1) is 12.3. The number of hydrogen-bond donors (Lipinski definition) is 1. The lowest BCUT2D eigenvalue weighted by Crippen LogP contribution is -2.22. The molecule has 2 unspecified atom stereocenters. The van der Waals surface area contributed by atoms with Crippen molar-refractivity contribution in [1.29, 1.82) is 0 Å². The molecule has 1 fully saturated rings. The second kappa shape index (κ2) is 5.09. The van der Waals surface area contributed by atoms with Gasteiger partial charge in [-0.05, 0) is 30.9 Å². The molecule has 2 atom stereocenters. The van der Waals surface area contributed by atoms with Crippen molar-refractivity contribution < 1.29 is 4.52 Å². The van der Waals surface area contributed by atoms with Gasteiger partial charge in [0.05, 0.1) is 5.92 Å². The lowest BCUT2D eigenvalue weighted by atomic mass is 10.0. The minimum absolute atomic E-state index is 0.141. The summed E-state index contributed by atoms with van der Waals surface area (Å²) in [7, 11) is 0. The Hall–Kier alpha value is -1.75. The van der Waals surface area contributed by atoms with E-state index < -0.39 is 0 Å². The minimum Gasteiger partial charge on any atom is -0.339 e. The molecule has 0 saturated heterocycles. The van der Waals surface area contributed by atoms with Gasteiger partial charge in [-0.25, -0.2) is 0 Å². The van der Waals surface area contributed by atoms with Crippen LogP contribution in [-0.4, -0.2) is 21.2 Å². The van der Waals surface area contributed by atoms with Crippen molar-refractivity contribution >= 4 is 0 Å². The van der Waals surface area contributed by atoms with Crippen LogP contribution in [0, 0.1) is 0 Å². The van der Waals surface area contributed by atoms with E-state index >= 15 is 0 Å². The van der Waals surface area contributed by atoms with E-state index in [9.17, 15) is 0 Å². The van der Waals surface area contributed by atoms with Crippen molar-refractivity contribution in [2.24, 2.45) is 5.73 Å². The third-order valence-corrected chi connectivity index (χ3v) is 3.81. The number of aromatic nitrogens is 3. The average molecular weight is 258 g/mol. The smallest absolute Gasteiger partial charge is 0.231 e. The molecular formula is C14H18N4O. The van der Waals surface area contributed by atoms with Crippen LogP contribution in [0.3, 0.4) is 0 Å². The molecule has 0 spiro atoms. The zero-order valence-corrected chi connectivity index (χ0v) is 11.0. The quantitative estimate of drug-likeness (QED) is 0.913. The zero-order chi connectivity index (χ0) is 13.2. The van der Waals surface area contributed by atoms with Crippen molar-refractivity contribution in [2.45, 2.75) is 44.6 Å². The Labute approximate surface area is 112 Å². The number of nitrogens with zero attached hydrogens (tertiary/aromatic N) is 3. The molecule has 2 aromatic rings. The molecule has 2 N–H and O–H groups in total. The van der Waals surface area contributed by atoms with Crippen molar-refractivity contribution in [3.05, 3.63) is 29.8 Å². The second-order valence-electron chi connectivity index (χ2n) is 5.02. The lowest BCUT2D eigenvalue weighted by molar-refractivity contribution is 0.345. The highest BCUT2D eigenvalue weighted by Crippen LogP contribution is 2.33. The maximum absolute atomic E-state index is 6.07. The van der Waals surface area contributed by atoms with Crippen LogP contribution in [0.1, 0.15) is 43.6 Å². The molecule has 1 aliphatic carbocycles. The van der Waals surface area contributed by atoms with Gasteiger partial charge in [-0.1, -0.05) is 24.6 Å². The average Bonchev–Trinajstić information content (AvgIpc) is 3.07. The van der Waals surface area contributed by atoms with Gasteiger partial charge in [-0.15, -0.1) is 0 Å². The van der Waals surface area contributed by atoms with E-state index in [0.717, 1.165) is 36.9 Å². The molecule has 100 valence electrons. The maximum atomic E-state index is 6.07. The Morgan fingerprint density at radius 2 is 2.32 bits per heavy atom. The Morgan fingerprint density at radius 1 is 1.42 bits per heavy atom. The molecule has 5 heteroatoms. The van der Waals surface area contributed by atoms with Crippen molar-refractivity contribution in [1.82, 2.24) is 15.1 Å². The van der Waals surface area contributed by atoms with Gasteiger partial charge in [0.15, 0.2) is 0 Å². The first-order valence-corrected chi connectivity index (χ1v) is 6.83. The fraction of sp³-hybridized carbons (Fsp3) is 0.500. The fourth-order valence-corrected chi connectivity index (χ4v) is 2.70. The van der Waals surface area contributed by atoms with Gasteiger partial charge < -0.3 is 10.3 Å².